The Labute approximate surface area is 126 Å². The minimum Gasteiger partial charge on any atom is -0.497 e. The van der Waals surface area contributed by atoms with E-state index in [0.29, 0.717) is 17.0 Å². The highest BCUT2D eigenvalue weighted by Gasteiger charge is 2.25. The van der Waals surface area contributed by atoms with Crippen LogP contribution in [0.25, 0.3) is 10.9 Å². The second-order valence-corrected chi connectivity index (χ2v) is 4.72. The number of nitrogens with one attached hydrogen (secondary N) is 1. The van der Waals surface area contributed by atoms with Crippen LogP contribution in [-0.2, 0) is 9.59 Å². The van der Waals surface area contributed by atoms with Crippen LogP contribution >= 0.6 is 0 Å². The third-order valence-corrected chi connectivity index (χ3v) is 3.31. The first-order chi connectivity index (χ1) is 10.7. The monoisotopic (exact) mass is 295 g/mol. The number of aromatic nitrogens is 1. The summed E-state index contributed by atoms with van der Waals surface area (Å²) in [6, 6.07) is 7.17. The van der Waals surface area contributed by atoms with E-state index in [-0.39, 0.29) is 0 Å². The maximum Gasteiger partial charge on any atom is 0.262 e. The number of allylic oxidation sites excluding steroid dienone is 1. The van der Waals surface area contributed by atoms with Gasteiger partial charge in [0.1, 0.15) is 11.7 Å². The van der Waals surface area contributed by atoms with Gasteiger partial charge in [-0.15, -0.1) is 0 Å². The van der Waals surface area contributed by atoms with Gasteiger partial charge in [-0.05, 0) is 18.2 Å². The average Bonchev–Trinajstić information content (AvgIpc) is 2.55. The lowest BCUT2D eigenvalue weighted by atomic mass is 10.1. The molecule has 1 aromatic heterocycles. The van der Waals surface area contributed by atoms with E-state index < -0.39 is 17.7 Å². The van der Waals surface area contributed by atoms with Crippen molar-refractivity contribution in [3.63, 3.8) is 0 Å². The van der Waals surface area contributed by atoms with Gasteiger partial charge in [-0.2, -0.15) is 0 Å². The lowest BCUT2D eigenvalue weighted by Crippen LogP contribution is -2.28. The van der Waals surface area contributed by atoms with E-state index in [1.54, 1.807) is 31.5 Å². The molecule has 0 saturated heterocycles. The van der Waals surface area contributed by atoms with Gasteiger partial charge in [0.05, 0.1) is 18.3 Å². The number of nitrogens with zero attached hydrogens (tertiary/aromatic N) is 2. The lowest BCUT2D eigenvalue weighted by molar-refractivity contribution is -0.128. The van der Waals surface area contributed by atoms with E-state index in [2.05, 4.69) is 15.3 Å². The molecule has 2 aromatic rings. The molecule has 6 nitrogen and oxygen atoms in total. The first kappa shape index (κ1) is 13.9. The molecule has 0 fully saturated rings. The second kappa shape index (κ2) is 5.77. The van der Waals surface area contributed by atoms with E-state index in [1.165, 1.54) is 12.3 Å². The lowest BCUT2D eigenvalue weighted by Gasteiger charge is -2.14. The number of hydrogen-bond acceptors (Lipinski definition) is 4. The number of carbonyl (C=O) groups is 2. The molecule has 1 aliphatic rings. The van der Waals surface area contributed by atoms with Crippen LogP contribution in [0.3, 0.4) is 0 Å². The van der Waals surface area contributed by atoms with E-state index in [0.717, 1.165) is 5.39 Å². The predicted octanol–water partition coefficient (Wildman–Crippen LogP) is 1.97. The zero-order chi connectivity index (χ0) is 15.5. The minimum atomic E-state index is -0.921. The van der Waals surface area contributed by atoms with E-state index in [1.807, 2.05) is 12.1 Å². The highest BCUT2D eigenvalue weighted by Crippen LogP contribution is 2.28. The summed E-state index contributed by atoms with van der Waals surface area (Å²) in [5, 5.41) is 3.57. The van der Waals surface area contributed by atoms with Crippen LogP contribution in [0.5, 0.6) is 5.75 Å². The van der Waals surface area contributed by atoms with Crippen molar-refractivity contribution in [2.75, 3.05) is 12.4 Å². The molecule has 0 spiro atoms. The third kappa shape index (κ3) is 2.58. The Kier molecular flexibility index (Phi) is 3.65. The van der Waals surface area contributed by atoms with Gasteiger partial charge < -0.3 is 10.1 Å². The predicted molar refractivity (Wildman–Crippen MR) is 83.1 cm³/mol. The van der Waals surface area contributed by atoms with Gasteiger partial charge in [0.15, 0.2) is 0 Å². The Morgan fingerprint density at radius 3 is 3.00 bits per heavy atom. The fourth-order valence-electron chi connectivity index (χ4n) is 2.23. The minimum absolute atomic E-state index is 0.446. The molecule has 1 atom stereocenters. The zero-order valence-corrected chi connectivity index (χ0v) is 11.8. The van der Waals surface area contributed by atoms with Gasteiger partial charge in [0, 0.05) is 23.9 Å². The molecule has 1 aliphatic heterocycles. The van der Waals surface area contributed by atoms with Crippen molar-refractivity contribution >= 4 is 34.6 Å². The standard InChI is InChI=1S/C16H13N3O3/c1-22-11-8-10-4-2-6-17-14(10)13(9-11)19-16(21)12-5-3-7-18-15(12)20/h2-9,12H,1H3,(H,19,21). The molecule has 1 unspecified atom stereocenters. The summed E-state index contributed by atoms with van der Waals surface area (Å²) in [5.74, 6) is -1.26. The molecule has 1 N–H and O–H groups in total. The van der Waals surface area contributed by atoms with Gasteiger partial charge >= 0.3 is 0 Å². The van der Waals surface area contributed by atoms with Crippen molar-refractivity contribution in [3.05, 3.63) is 42.6 Å². The van der Waals surface area contributed by atoms with Crippen LogP contribution in [0.15, 0.2) is 47.6 Å². The molecule has 0 bridgehead atoms. The molecule has 2 amide bonds. The van der Waals surface area contributed by atoms with Crippen molar-refractivity contribution in [1.29, 1.82) is 0 Å². The number of dihydropyridines is 1. The molecule has 1 aromatic carbocycles. The summed E-state index contributed by atoms with van der Waals surface area (Å²) in [5.41, 5.74) is 1.13. The number of aliphatic imine (C=N–C) groups is 1. The van der Waals surface area contributed by atoms with Gasteiger partial charge in [-0.3, -0.25) is 14.6 Å². The van der Waals surface area contributed by atoms with Gasteiger partial charge in [-0.25, -0.2) is 4.99 Å². The number of carbonyl (C=O) groups excluding carboxylic acids is 2. The maximum absolute atomic E-state index is 12.3. The fourth-order valence-corrected chi connectivity index (χ4v) is 2.23. The Balaban J connectivity index is 1.96. The van der Waals surface area contributed by atoms with E-state index in [9.17, 15) is 9.59 Å². The highest BCUT2D eigenvalue weighted by molar-refractivity contribution is 6.13. The topological polar surface area (TPSA) is 80.6 Å². The maximum atomic E-state index is 12.3. The third-order valence-electron chi connectivity index (χ3n) is 3.31. The molecular weight excluding hydrogens is 282 g/mol. The smallest absolute Gasteiger partial charge is 0.262 e. The van der Waals surface area contributed by atoms with E-state index >= 15 is 0 Å². The summed E-state index contributed by atoms with van der Waals surface area (Å²) >= 11 is 0. The molecular formula is C16H13N3O3. The summed E-state index contributed by atoms with van der Waals surface area (Å²) in [6.45, 7) is 0. The summed E-state index contributed by atoms with van der Waals surface area (Å²) < 4.78 is 5.23. The van der Waals surface area contributed by atoms with Crippen LogP contribution in [0.2, 0.25) is 0 Å². The van der Waals surface area contributed by atoms with Gasteiger partial charge in [-0.1, -0.05) is 12.1 Å². The molecule has 0 saturated carbocycles. The molecule has 3 rings (SSSR count). The van der Waals surface area contributed by atoms with E-state index in [4.69, 9.17) is 4.74 Å². The number of pyridine rings is 1. The zero-order valence-electron chi connectivity index (χ0n) is 11.8. The highest BCUT2D eigenvalue weighted by atomic mass is 16.5. The molecule has 22 heavy (non-hydrogen) atoms. The Bertz CT molecular complexity index is 811. The van der Waals surface area contributed by atoms with Crippen molar-refractivity contribution in [3.8, 4) is 5.75 Å². The second-order valence-electron chi connectivity index (χ2n) is 4.72. The van der Waals surface area contributed by atoms with Crippen molar-refractivity contribution in [2.24, 2.45) is 10.9 Å². The number of rotatable bonds is 3. The number of methoxy groups -OCH3 is 1. The molecule has 6 heteroatoms. The molecule has 110 valence electrons. The number of fused-ring (bicyclic) bond motifs is 1. The summed E-state index contributed by atoms with van der Waals surface area (Å²) in [7, 11) is 1.55. The summed E-state index contributed by atoms with van der Waals surface area (Å²) in [4.78, 5) is 31.8. The van der Waals surface area contributed by atoms with Crippen LogP contribution in [0.4, 0.5) is 5.69 Å². The summed E-state index contributed by atoms with van der Waals surface area (Å²) in [6.07, 6.45) is 6.10. The molecule has 2 heterocycles. The quantitative estimate of drug-likeness (QED) is 0.878. The van der Waals surface area contributed by atoms with Crippen LogP contribution in [0, 0.1) is 5.92 Å². The number of amides is 2. The Hall–Kier alpha value is -3.02. The SMILES string of the molecule is COc1cc(NC(=O)C2C=CC=NC2=O)c2ncccc2c1. The van der Waals surface area contributed by atoms with Crippen molar-refractivity contribution < 1.29 is 14.3 Å². The molecule has 0 aliphatic carbocycles. The number of ether oxygens (including phenoxy) is 1. The Morgan fingerprint density at radius 2 is 2.23 bits per heavy atom. The number of anilines is 1. The number of hydrogen-bond donors (Lipinski definition) is 1. The van der Waals surface area contributed by atoms with Gasteiger partial charge in [0.25, 0.3) is 5.91 Å². The van der Waals surface area contributed by atoms with Crippen molar-refractivity contribution in [1.82, 2.24) is 4.98 Å². The Morgan fingerprint density at radius 1 is 1.36 bits per heavy atom. The average molecular weight is 295 g/mol. The fraction of sp³-hybridized carbons (Fsp3) is 0.125. The van der Waals surface area contributed by atoms with Gasteiger partial charge in [0.2, 0.25) is 5.91 Å². The molecule has 0 radical (unpaired) electrons. The first-order valence-electron chi connectivity index (χ1n) is 6.67. The van der Waals surface area contributed by atoms with Crippen LogP contribution in [0.1, 0.15) is 0 Å². The number of benzene rings is 1. The normalized spacial score (nSPS) is 16.8. The van der Waals surface area contributed by atoms with Crippen LogP contribution < -0.4 is 10.1 Å². The van der Waals surface area contributed by atoms with Crippen LogP contribution in [-0.4, -0.2) is 30.1 Å². The largest absolute Gasteiger partial charge is 0.497 e. The first-order valence-corrected chi connectivity index (χ1v) is 6.67. The van der Waals surface area contributed by atoms with Crippen molar-refractivity contribution in [2.45, 2.75) is 0 Å².